The number of rotatable bonds is 4. The van der Waals surface area contributed by atoms with E-state index in [9.17, 15) is 13.2 Å². The molecule has 0 aliphatic heterocycles. The zero-order valence-corrected chi connectivity index (χ0v) is 10.8. The molecular weight excluding hydrogens is 254 g/mol. The summed E-state index contributed by atoms with van der Waals surface area (Å²) < 4.78 is 24.3. The molecule has 1 amide bonds. The van der Waals surface area contributed by atoms with E-state index in [2.05, 4.69) is 5.32 Å². The first kappa shape index (κ1) is 12.9. The highest BCUT2D eigenvalue weighted by Crippen LogP contribution is 2.22. The Balaban J connectivity index is 2.18. The first-order chi connectivity index (χ1) is 8.41. The monoisotopic (exact) mass is 269 g/mol. The number of benzene rings is 1. The molecule has 6 heteroatoms. The van der Waals surface area contributed by atoms with Gasteiger partial charge in [-0.2, -0.15) is 0 Å². The number of carbonyl (C=O) groups excluding carboxylic acids is 1. The summed E-state index contributed by atoms with van der Waals surface area (Å²) >= 11 is 0. The molecule has 2 N–H and O–H groups in total. The maximum Gasteiger partial charge on any atom is 0.238 e. The van der Waals surface area contributed by atoms with Gasteiger partial charge in [-0.3, -0.25) is 4.79 Å². The molecule has 0 heterocycles. The Morgan fingerprint density at radius 3 is 2.39 bits per heavy atom. The fraction of sp³-hybridized carbons (Fsp3) is 0.417. The van der Waals surface area contributed by atoms with E-state index in [0.29, 0.717) is 0 Å². The van der Waals surface area contributed by atoms with Gasteiger partial charge in [0.15, 0.2) is 9.84 Å². The standard InChI is InChI=1S/C12H15NO4S/c1-8(12(15)13-9-2-3-9)18(16,17)11-6-4-10(14)5-7-11/h4-9,14H,2-3H2,1H3,(H,13,15). The predicted octanol–water partition coefficient (Wildman–Crippen LogP) is 0.833. The van der Waals surface area contributed by atoms with Crippen molar-refractivity contribution in [2.75, 3.05) is 0 Å². The van der Waals surface area contributed by atoms with Crippen LogP contribution in [0.1, 0.15) is 19.8 Å². The molecule has 0 bridgehead atoms. The number of nitrogens with one attached hydrogen (secondary N) is 1. The number of hydrogen-bond acceptors (Lipinski definition) is 4. The van der Waals surface area contributed by atoms with E-state index < -0.39 is 21.0 Å². The zero-order valence-electron chi connectivity index (χ0n) is 9.96. The smallest absolute Gasteiger partial charge is 0.238 e. The van der Waals surface area contributed by atoms with Crippen molar-refractivity contribution in [2.24, 2.45) is 0 Å². The average molecular weight is 269 g/mol. The third-order valence-electron chi connectivity index (χ3n) is 2.92. The molecule has 1 aromatic carbocycles. The lowest BCUT2D eigenvalue weighted by molar-refractivity contribution is -0.120. The van der Waals surface area contributed by atoms with Crippen molar-refractivity contribution in [3.8, 4) is 5.75 Å². The summed E-state index contributed by atoms with van der Waals surface area (Å²) in [5.41, 5.74) is 0. The summed E-state index contributed by atoms with van der Waals surface area (Å²) in [5.74, 6) is -0.477. The second kappa shape index (κ2) is 4.61. The van der Waals surface area contributed by atoms with Crippen LogP contribution in [0.2, 0.25) is 0 Å². The Kier molecular flexibility index (Phi) is 3.30. The van der Waals surface area contributed by atoms with Crippen molar-refractivity contribution in [3.05, 3.63) is 24.3 Å². The van der Waals surface area contributed by atoms with Gasteiger partial charge < -0.3 is 10.4 Å². The molecule has 1 fully saturated rings. The first-order valence-electron chi connectivity index (χ1n) is 5.74. The minimum Gasteiger partial charge on any atom is -0.508 e. The van der Waals surface area contributed by atoms with Crippen LogP contribution >= 0.6 is 0 Å². The minimum atomic E-state index is -3.70. The molecule has 18 heavy (non-hydrogen) atoms. The Labute approximate surface area is 106 Å². The molecule has 0 radical (unpaired) electrons. The molecule has 1 saturated carbocycles. The van der Waals surface area contributed by atoms with Gasteiger partial charge in [0.2, 0.25) is 5.91 Å². The van der Waals surface area contributed by atoms with Crippen molar-refractivity contribution in [2.45, 2.75) is 36.0 Å². The molecule has 0 saturated heterocycles. The first-order valence-corrected chi connectivity index (χ1v) is 7.29. The van der Waals surface area contributed by atoms with Crippen LogP contribution in [0.3, 0.4) is 0 Å². The summed E-state index contributed by atoms with van der Waals surface area (Å²) in [6, 6.07) is 5.31. The number of carbonyl (C=O) groups is 1. The summed E-state index contributed by atoms with van der Waals surface area (Å²) in [5, 5.41) is 10.7. The molecular formula is C12H15NO4S. The van der Waals surface area contributed by atoms with Gasteiger partial charge >= 0.3 is 0 Å². The highest BCUT2D eigenvalue weighted by molar-refractivity contribution is 7.92. The number of phenols is 1. The molecule has 1 atom stereocenters. The molecule has 2 rings (SSSR count). The van der Waals surface area contributed by atoms with Crippen LogP contribution in [0.4, 0.5) is 0 Å². The normalized spacial score (nSPS) is 17.2. The summed E-state index contributed by atoms with van der Waals surface area (Å²) in [4.78, 5) is 11.8. The van der Waals surface area contributed by atoms with E-state index in [4.69, 9.17) is 5.11 Å². The maximum atomic E-state index is 12.1. The molecule has 1 aliphatic rings. The van der Waals surface area contributed by atoms with Crippen LogP contribution in [0, 0.1) is 0 Å². The van der Waals surface area contributed by atoms with Gasteiger partial charge in [-0.1, -0.05) is 0 Å². The molecule has 0 aromatic heterocycles. The highest BCUT2D eigenvalue weighted by Gasteiger charge is 2.33. The lowest BCUT2D eigenvalue weighted by Crippen LogP contribution is -2.38. The fourth-order valence-corrected chi connectivity index (χ4v) is 2.80. The van der Waals surface area contributed by atoms with Crippen molar-refractivity contribution < 1.29 is 18.3 Å². The lowest BCUT2D eigenvalue weighted by atomic mass is 10.3. The molecule has 5 nitrogen and oxygen atoms in total. The van der Waals surface area contributed by atoms with Crippen molar-refractivity contribution in [1.29, 1.82) is 0 Å². The topological polar surface area (TPSA) is 83.5 Å². The lowest BCUT2D eigenvalue weighted by Gasteiger charge is -2.13. The molecule has 0 spiro atoms. The SMILES string of the molecule is CC(C(=O)NC1CC1)S(=O)(=O)c1ccc(O)cc1. The molecule has 1 aliphatic carbocycles. The summed E-state index contributed by atoms with van der Waals surface area (Å²) in [6.07, 6.45) is 1.83. The van der Waals surface area contributed by atoms with Crippen LogP contribution in [0.5, 0.6) is 5.75 Å². The molecule has 1 unspecified atom stereocenters. The van der Waals surface area contributed by atoms with Gasteiger partial charge in [0.05, 0.1) is 4.90 Å². The second-order valence-corrected chi connectivity index (χ2v) is 6.73. The minimum absolute atomic E-state index is 0.0102. The Morgan fingerprint density at radius 2 is 1.89 bits per heavy atom. The van der Waals surface area contributed by atoms with Gasteiger partial charge in [-0.25, -0.2) is 8.42 Å². The van der Waals surface area contributed by atoms with Gasteiger partial charge in [0.25, 0.3) is 0 Å². The van der Waals surface area contributed by atoms with Crippen molar-refractivity contribution in [1.82, 2.24) is 5.32 Å². The Hall–Kier alpha value is -1.56. The molecule has 98 valence electrons. The van der Waals surface area contributed by atoms with Crippen LogP contribution in [0.25, 0.3) is 0 Å². The summed E-state index contributed by atoms with van der Waals surface area (Å²) in [7, 11) is -3.70. The van der Waals surface area contributed by atoms with Crippen LogP contribution in [-0.4, -0.2) is 30.7 Å². The maximum absolute atomic E-state index is 12.1. The number of sulfone groups is 1. The molecule has 1 aromatic rings. The third-order valence-corrected chi connectivity index (χ3v) is 5.00. The Morgan fingerprint density at radius 1 is 1.33 bits per heavy atom. The fourth-order valence-electron chi connectivity index (χ4n) is 1.53. The Bertz CT molecular complexity index is 546. The predicted molar refractivity (Wildman–Crippen MR) is 65.9 cm³/mol. The number of aromatic hydroxyl groups is 1. The quantitative estimate of drug-likeness (QED) is 0.848. The van der Waals surface area contributed by atoms with E-state index in [-0.39, 0.29) is 16.7 Å². The summed E-state index contributed by atoms with van der Waals surface area (Å²) in [6.45, 7) is 1.37. The van der Waals surface area contributed by atoms with Gasteiger partial charge in [0, 0.05) is 6.04 Å². The van der Waals surface area contributed by atoms with E-state index in [1.807, 2.05) is 0 Å². The van der Waals surface area contributed by atoms with E-state index >= 15 is 0 Å². The average Bonchev–Trinajstić information content (AvgIpc) is 3.12. The van der Waals surface area contributed by atoms with Crippen molar-refractivity contribution >= 4 is 15.7 Å². The van der Waals surface area contributed by atoms with Crippen molar-refractivity contribution in [3.63, 3.8) is 0 Å². The van der Waals surface area contributed by atoms with Gasteiger partial charge in [-0.15, -0.1) is 0 Å². The number of hydrogen-bond donors (Lipinski definition) is 2. The van der Waals surface area contributed by atoms with Gasteiger partial charge in [0.1, 0.15) is 11.0 Å². The number of phenolic OH excluding ortho intramolecular Hbond substituents is 1. The second-order valence-electron chi connectivity index (χ2n) is 4.46. The van der Waals surface area contributed by atoms with Crippen LogP contribution in [0.15, 0.2) is 29.2 Å². The zero-order chi connectivity index (χ0) is 13.3. The third kappa shape index (κ3) is 2.64. The number of amides is 1. The van der Waals surface area contributed by atoms with Crippen LogP contribution in [-0.2, 0) is 14.6 Å². The van der Waals surface area contributed by atoms with Gasteiger partial charge in [-0.05, 0) is 44.0 Å². The van der Waals surface area contributed by atoms with E-state index in [1.54, 1.807) is 0 Å². The van der Waals surface area contributed by atoms with E-state index in [1.165, 1.54) is 31.2 Å². The van der Waals surface area contributed by atoms with Crippen LogP contribution < -0.4 is 5.32 Å². The largest absolute Gasteiger partial charge is 0.508 e. The van der Waals surface area contributed by atoms with E-state index in [0.717, 1.165) is 12.8 Å². The highest BCUT2D eigenvalue weighted by atomic mass is 32.2.